The SMILES string of the molecule is Cc1ncn(C(C)C(=O)Nc2ccc(C[C@@H]3CC[C@H](C(O)c4ccccc4)N3)cc2)n1. The van der Waals surface area contributed by atoms with Gasteiger partial charge in [-0.1, -0.05) is 42.5 Å². The summed E-state index contributed by atoms with van der Waals surface area (Å²) in [5, 5.41) is 21.4. The highest BCUT2D eigenvalue weighted by molar-refractivity contribution is 5.93. The Hall–Kier alpha value is -3.03. The van der Waals surface area contributed by atoms with Crippen molar-refractivity contribution in [2.24, 2.45) is 0 Å². The fraction of sp³-hybridized carbons (Fsp3) is 0.375. The van der Waals surface area contributed by atoms with Crippen LogP contribution < -0.4 is 10.6 Å². The monoisotopic (exact) mass is 419 g/mol. The van der Waals surface area contributed by atoms with Crippen LogP contribution in [0.2, 0.25) is 0 Å². The van der Waals surface area contributed by atoms with Crippen molar-refractivity contribution in [2.45, 2.75) is 57.3 Å². The van der Waals surface area contributed by atoms with E-state index in [0.29, 0.717) is 11.9 Å². The van der Waals surface area contributed by atoms with Crippen molar-refractivity contribution in [1.82, 2.24) is 20.1 Å². The molecule has 1 saturated heterocycles. The van der Waals surface area contributed by atoms with E-state index in [-0.39, 0.29) is 11.9 Å². The third kappa shape index (κ3) is 5.18. The van der Waals surface area contributed by atoms with E-state index >= 15 is 0 Å². The normalized spacial score (nSPS) is 20.4. The minimum absolute atomic E-state index is 0.0767. The second-order valence-corrected chi connectivity index (χ2v) is 8.24. The zero-order valence-electron chi connectivity index (χ0n) is 17.9. The van der Waals surface area contributed by atoms with Crippen molar-refractivity contribution < 1.29 is 9.90 Å². The van der Waals surface area contributed by atoms with E-state index in [1.807, 2.05) is 54.6 Å². The van der Waals surface area contributed by atoms with Crippen LogP contribution in [0.4, 0.5) is 5.69 Å². The van der Waals surface area contributed by atoms with Crippen LogP contribution in [0.15, 0.2) is 60.9 Å². The van der Waals surface area contributed by atoms with Gasteiger partial charge in [0.1, 0.15) is 18.2 Å². The zero-order valence-corrected chi connectivity index (χ0v) is 17.9. The molecule has 2 aromatic carbocycles. The van der Waals surface area contributed by atoms with Gasteiger partial charge in [0.2, 0.25) is 5.91 Å². The van der Waals surface area contributed by atoms with Gasteiger partial charge < -0.3 is 15.7 Å². The summed E-state index contributed by atoms with van der Waals surface area (Å²) >= 11 is 0. The van der Waals surface area contributed by atoms with Crippen LogP contribution in [0.25, 0.3) is 0 Å². The van der Waals surface area contributed by atoms with E-state index in [9.17, 15) is 9.90 Å². The van der Waals surface area contributed by atoms with Crippen LogP contribution in [0.3, 0.4) is 0 Å². The fourth-order valence-electron chi connectivity index (χ4n) is 4.07. The number of aryl methyl sites for hydroxylation is 1. The first-order valence-electron chi connectivity index (χ1n) is 10.8. The Morgan fingerprint density at radius 3 is 2.61 bits per heavy atom. The summed E-state index contributed by atoms with van der Waals surface area (Å²) in [4.78, 5) is 16.5. The molecule has 31 heavy (non-hydrogen) atoms. The molecule has 1 aromatic heterocycles. The molecule has 1 aliphatic heterocycles. The second kappa shape index (κ2) is 9.41. The highest BCUT2D eigenvalue weighted by Gasteiger charge is 2.29. The number of amides is 1. The standard InChI is InChI=1S/C24H29N5O2/c1-16(29-15-25-17(2)28-29)24(31)27-20-10-8-18(9-11-20)14-21-12-13-22(26-21)23(30)19-6-4-3-5-7-19/h3-11,15-16,21-23,26,30H,12-14H2,1-2H3,(H,27,31)/t16?,21-,22+,23?/m0/s1. The fourth-order valence-corrected chi connectivity index (χ4v) is 4.07. The first-order chi connectivity index (χ1) is 15.0. The maximum Gasteiger partial charge on any atom is 0.249 e. The Balaban J connectivity index is 1.29. The summed E-state index contributed by atoms with van der Waals surface area (Å²) in [5.74, 6) is 0.510. The average Bonchev–Trinajstić information content (AvgIpc) is 3.44. The molecule has 0 radical (unpaired) electrons. The Morgan fingerprint density at radius 1 is 1.19 bits per heavy atom. The predicted octanol–water partition coefficient (Wildman–Crippen LogP) is 3.18. The highest BCUT2D eigenvalue weighted by atomic mass is 16.3. The van der Waals surface area contributed by atoms with Gasteiger partial charge in [-0.2, -0.15) is 5.10 Å². The number of hydrogen-bond acceptors (Lipinski definition) is 5. The maximum absolute atomic E-state index is 12.5. The van der Waals surface area contributed by atoms with Crippen LogP contribution in [0.1, 0.15) is 48.9 Å². The number of anilines is 1. The number of aliphatic hydroxyl groups excluding tert-OH is 1. The van der Waals surface area contributed by atoms with E-state index in [0.717, 1.165) is 30.5 Å². The molecule has 3 N–H and O–H groups in total. The number of aromatic nitrogens is 3. The number of nitrogens with one attached hydrogen (secondary N) is 2. The molecule has 2 heterocycles. The minimum atomic E-state index is -0.487. The molecule has 1 aliphatic rings. The molecule has 0 spiro atoms. The van der Waals surface area contributed by atoms with Gasteiger partial charge in [-0.15, -0.1) is 0 Å². The molecule has 162 valence electrons. The second-order valence-electron chi connectivity index (χ2n) is 8.24. The van der Waals surface area contributed by atoms with Gasteiger partial charge in [-0.25, -0.2) is 9.67 Å². The van der Waals surface area contributed by atoms with Crippen molar-refractivity contribution in [3.63, 3.8) is 0 Å². The number of benzene rings is 2. The van der Waals surface area contributed by atoms with Crippen LogP contribution in [-0.4, -0.2) is 37.9 Å². The van der Waals surface area contributed by atoms with Crippen molar-refractivity contribution in [1.29, 1.82) is 0 Å². The smallest absolute Gasteiger partial charge is 0.249 e. The Labute approximate surface area is 182 Å². The van der Waals surface area contributed by atoms with E-state index in [1.165, 1.54) is 5.56 Å². The highest BCUT2D eigenvalue weighted by Crippen LogP contribution is 2.27. The van der Waals surface area contributed by atoms with E-state index in [4.69, 9.17) is 0 Å². The van der Waals surface area contributed by atoms with Crippen LogP contribution in [0, 0.1) is 6.92 Å². The molecule has 1 fully saturated rings. The summed E-state index contributed by atoms with van der Waals surface area (Å²) < 4.78 is 1.56. The molecule has 7 heteroatoms. The van der Waals surface area contributed by atoms with Crippen LogP contribution >= 0.6 is 0 Å². The van der Waals surface area contributed by atoms with Crippen LogP contribution in [-0.2, 0) is 11.2 Å². The third-order valence-electron chi connectivity index (χ3n) is 5.90. The largest absolute Gasteiger partial charge is 0.387 e. The molecule has 3 aromatic rings. The van der Waals surface area contributed by atoms with Crippen molar-refractivity contribution in [2.75, 3.05) is 5.32 Å². The van der Waals surface area contributed by atoms with Gasteiger partial charge in [0.05, 0.1) is 6.10 Å². The molecular weight excluding hydrogens is 390 g/mol. The van der Waals surface area contributed by atoms with Crippen molar-refractivity contribution in [3.8, 4) is 0 Å². The number of aliphatic hydroxyl groups is 1. The molecule has 2 unspecified atom stereocenters. The van der Waals surface area contributed by atoms with Gasteiger partial charge in [-0.3, -0.25) is 4.79 Å². The molecule has 4 atom stereocenters. The van der Waals surface area contributed by atoms with E-state index in [1.54, 1.807) is 24.9 Å². The number of nitrogens with zero attached hydrogens (tertiary/aromatic N) is 3. The van der Waals surface area contributed by atoms with Crippen LogP contribution in [0.5, 0.6) is 0 Å². The molecule has 1 amide bonds. The third-order valence-corrected chi connectivity index (χ3v) is 5.90. The lowest BCUT2D eigenvalue weighted by molar-refractivity contribution is -0.119. The minimum Gasteiger partial charge on any atom is -0.387 e. The summed E-state index contributed by atoms with van der Waals surface area (Å²) in [5.41, 5.74) is 2.91. The lowest BCUT2D eigenvalue weighted by atomic mass is 10.0. The quantitative estimate of drug-likeness (QED) is 0.547. The number of rotatable bonds is 7. The summed E-state index contributed by atoms with van der Waals surface area (Å²) in [6, 6.07) is 17.7. The molecule has 4 rings (SSSR count). The maximum atomic E-state index is 12.5. The van der Waals surface area contributed by atoms with E-state index in [2.05, 4.69) is 20.7 Å². The molecule has 0 aliphatic carbocycles. The first kappa shape index (κ1) is 21.2. The predicted molar refractivity (Wildman–Crippen MR) is 120 cm³/mol. The molecule has 0 saturated carbocycles. The molecule has 0 bridgehead atoms. The molecule has 7 nitrogen and oxygen atoms in total. The summed E-state index contributed by atoms with van der Waals surface area (Å²) in [6.45, 7) is 3.59. The number of carbonyl (C=O) groups excluding carboxylic acids is 1. The summed E-state index contributed by atoms with van der Waals surface area (Å²) in [6.07, 6.45) is 3.95. The van der Waals surface area contributed by atoms with Gasteiger partial charge in [0.15, 0.2) is 0 Å². The lowest BCUT2D eigenvalue weighted by Gasteiger charge is -2.20. The van der Waals surface area contributed by atoms with Crippen molar-refractivity contribution >= 4 is 11.6 Å². The Bertz CT molecular complexity index is 1000. The zero-order chi connectivity index (χ0) is 21.8. The van der Waals surface area contributed by atoms with Gasteiger partial charge >= 0.3 is 0 Å². The Morgan fingerprint density at radius 2 is 1.94 bits per heavy atom. The average molecular weight is 420 g/mol. The van der Waals surface area contributed by atoms with Gasteiger partial charge in [-0.05, 0) is 56.4 Å². The van der Waals surface area contributed by atoms with E-state index < -0.39 is 12.1 Å². The number of carbonyl (C=O) groups is 1. The number of hydrogen-bond donors (Lipinski definition) is 3. The Kier molecular flexibility index (Phi) is 6.44. The topological polar surface area (TPSA) is 92.1 Å². The van der Waals surface area contributed by atoms with Crippen molar-refractivity contribution in [3.05, 3.63) is 77.9 Å². The van der Waals surface area contributed by atoms with Gasteiger partial charge in [0.25, 0.3) is 0 Å². The lowest BCUT2D eigenvalue weighted by Crippen LogP contribution is -2.35. The molecular formula is C24H29N5O2. The van der Waals surface area contributed by atoms with Gasteiger partial charge in [0, 0.05) is 17.8 Å². The first-order valence-corrected chi connectivity index (χ1v) is 10.8. The summed E-state index contributed by atoms with van der Waals surface area (Å²) in [7, 11) is 0.